The van der Waals surface area contributed by atoms with Crippen molar-refractivity contribution in [3.63, 3.8) is 0 Å². The number of carbonyl (C=O) groups excluding carboxylic acids is 2. The van der Waals surface area contributed by atoms with Gasteiger partial charge in [-0.15, -0.1) is 0 Å². The van der Waals surface area contributed by atoms with E-state index in [0.29, 0.717) is 11.0 Å². The Kier molecular flexibility index (Phi) is 8.77. The molecule has 39 heavy (non-hydrogen) atoms. The number of halogens is 1. The second-order valence-corrected chi connectivity index (χ2v) is 12.2. The Morgan fingerprint density at radius 1 is 1.13 bits per heavy atom. The van der Waals surface area contributed by atoms with Crippen LogP contribution in [-0.2, 0) is 11.2 Å². The number of rotatable bonds is 7. The average Bonchev–Trinajstić information content (AvgIpc) is 3.33. The smallest absolute Gasteiger partial charge is 0.321 e. The van der Waals surface area contributed by atoms with E-state index in [2.05, 4.69) is 20.5 Å². The average molecular weight is 552 g/mol. The molecule has 0 radical (unpaired) electrons. The number of aromatic nitrogens is 1. The monoisotopic (exact) mass is 551 g/mol. The zero-order chi connectivity index (χ0) is 27.4. The lowest BCUT2D eigenvalue weighted by Gasteiger charge is -2.43. The van der Waals surface area contributed by atoms with Gasteiger partial charge in [0, 0.05) is 39.1 Å². The molecule has 2 heterocycles. The van der Waals surface area contributed by atoms with Crippen LogP contribution in [0.15, 0.2) is 48.5 Å². The molecule has 208 valence electrons. The largest absolute Gasteiger partial charge is 0.343 e. The van der Waals surface area contributed by atoms with Gasteiger partial charge >= 0.3 is 6.03 Å². The Balaban J connectivity index is 1.23. The molecule has 5 rings (SSSR count). The third-order valence-corrected chi connectivity index (χ3v) is 9.32. The fraction of sp³-hybridized carbons (Fsp3) is 0.500. The van der Waals surface area contributed by atoms with Crippen LogP contribution in [0.1, 0.15) is 44.6 Å². The van der Waals surface area contributed by atoms with Crippen molar-refractivity contribution in [2.75, 3.05) is 32.0 Å². The zero-order valence-corrected chi connectivity index (χ0v) is 23.6. The molecular formula is C30H38FN5O2S. The van der Waals surface area contributed by atoms with Crippen molar-refractivity contribution in [1.29, 1.82) is 0 Å². The standard InChI is InChI=1S/C30H38FN5O2S/c1-20(37)35(2)25-13-14-26(32-29(38)34-30-33-27-7-3-4-8-28(27)39-30)23(17-25)19-36-15-5-6-22(18-36)16-21-9-11-24(31)12-10-21/h3-4,7-12,22-23,25-26H,5-6,13-19H2,1-2H3,(H2,32,33,34,38)/t22-,23-,25+,26?/m0/s1. The number of hydrogen-bond donors (Lipinski definition) is 2. The lowest BCUT2D eigenvalue weighted by molar-refractivity contribution is -0.130. The molecule has 1 aliphatic carbocycles. The predicted octanol–water partition coefficient (Wildman–Crippen LogP) is 5.53. The van der Waals surface area contributed by atoms with Crippen LogP contribution < -0.4 is 10.6 Å². The van der Waals surface area contributed by atoms with Crippen molar-refractivity contribution >= 4 is 38.6 Å². The quantitative estimate of drug-likeness (QED) is 0.405. The number of para-hydroxylation sites is 1. The normalized spacial score (nSPS) is 23.9. The van der Waals surface area contributed by atoms with Crippen molar-refractivity contribution in [2.24, 2.45) is 11.8 Å². The van der Waals surface area contributed by atoms with E-state index < -0.39 is 0 Å². The molecule has 1 saturated heterocycles. The summed E-state index contributed by atoms with van der Waals surface area (Å²) in [5, 5.41) is 6.79. The number of fused-ring (bicyclic) bond motifs is 1. The zero-order valence-electron chi connectivity index (χ0n) is 22.7. The Labute approximate surface area is 233 Å². The number of anilines is 1. The minimum atomic E-state index is -0.227. The van der Waals surface area contributed by atoms with Gasteiger partial charge < -0.3 is 15.1 Å². The molecule has 2 aromatic carbocycles. The summed E-state index contributed by atoms with van der Waals surface area (Å²) in [5.74, 6) is 0.640. The molecule has 4 atom stereocenters. The second kappa shape index (κ2) is 12.4. The van der Waals surface area contributed by atoms with Crippen molar-refractivity contribution in [2.45, 2.75) is 57.5 Å². The minimum absolute atomic E-state index is 0.0217. The van der Waals surface area contributed by atoms with Gasteiger partial charge in [-0.1, -0.05) is 35.6 Å². The van der Waals surface area contributed by atoms with Crippen LogP contribution in [0.5, 0.6) is 0 Å². The summed E-state index contributed by atoms with van der Waals surface area (Å²) in [7, 11) is 1.89. The fourth-order valence-electron chi connectivity index (χ4n) is 6.24. The molecule has 1 saturated carbocycles. The van der Waals surface area contributed by atoms with E-state index in [-0.39, 0.29) is 35.8 Å². The minimum Gasteiger partial charge on any atom is -0.343 e. The number of urea groups is 1. The molecule has 3 amide bonds. The van der Waals surface area contributed by atoms with E-state index in [1.807, 2.05) is 48.3 Å². The summed E-state index contributed by atoms with van der Waals surface area (Å²) in [6.45, 7) is 4.53. The first-order valence-electron chi connectivity index (χ1n) is 14.0. The number of amides is 3. The topological polar surface area (TPSA) is 77.6 Å². The molecule has 7 nitrogen and oxygen atoms in total. The summed E-state index contributed by atoms with van der Waals surface area (Å²) < 4.78 is 14.4. The van der Waals surface area contributed by atoms with Crippen LogP contribution in [0.25, 0.3) is 10.2 Å². The maximum atomic E-state index is 13.4. The highest BCUT2D eigenvalue weighted by molar-refractivity contribution is 7.22. The SMILES string of the molecule is CC(=O)N(C)[C@@H]1CCC(NC(=O)Nc2nc3ccccc3s2)[C@H](CN2CCC[C@@H](Cc3ccc(F)cc3)C2)C1. The van der Waals surface area contributed by atoms with Gasteiger partial charge in [-0.05, 0) is 86.7 Å². The molecule has 1 unspecified atom stereocenters. The van der Waals surface area contributed by atoms with E-state index >= 15 is 0 Å². The molecule has 0 spiro atoms. The van der Waals surface area contributed by atoms with Crippen molar-refractivity contribution in [3.05, 3.63) is 59.9 Å². The van der Waals surface area contributed by atoms with Crippen molar-refractivity contribution in [1.82, 2.24) is 20.1 Å². The van der Waals surface area contributed by atoms with Gasteiger partial charge in [0.25, 0.3) is 0 Å². The molecule has 0 bridgehead atoms. The molecule has 2 N–H and O–H groups in total. The number of nitrogens with zero attached hydrogens (tertiary/aromatic N) is 3. The van der Waals surface area contributed by atoms with Gasteiger partial charge in [0.2, 0.25) is 5.91 Å². The number of benzene rings is 2. The predicted molar refractivity (Wildman–Crippen MR) is 154 cm³/mol. The maximum absolute atomic E-state index is 13.4. The van der Waals surface area contributed by atoms with Crippen LogP contribution in [0, 0.1) is 17.7 Å². The van der Waals surface area contributed by atoms with E-state index in [1.54, 1.807) is 19.1 Å². The number of likely N-dealkylation sites (tertiary alicyclic amines) is 1. The van der Waals surface area contributed by atoms with E-state index in [9.17, 15) is 14.0 Å². The third-order valence-electron chi connectivity index (χ3n) is 8.36. The first-order chi connectivity index (χ1) is 18.8. The maximum Gasteiger partial charge on any atom is 0.321 e. The van der Waals surface area contributed by atoms with E-state index in [0.717, 1.165) is 62.0 Å². The first kappa shape index (κ1) is 27.5. The lowest BCUT2D eigenvalue weighted by Crippen LogP contribution is -2.53. The van der Waals surface area contributed by atoms with Gasteiger partial charge in [-0.2, -0.15) is 0 Å². The van der Waals surface area contributed by atoms with Crippen molar-refractivity contribution in [3.8, 4) is 0 Å². The highest BCUT2D eigenvalue weighted by Gasteiger charge is 2.36. The number of piperidine rings is 1. The summed E-state index contributed by atoms with van der Waals surface area (Å²) in [5.41, 5.74) is 2.05. The highest BCUT2D eigenvalue weighted by atomic mass is 32.1. The van der Waals surface area contributed by atoms with E-state index in [1.165, 1.54) is 23.3 Å². The first-order valence-corrected chi connectivity index (χ1v) is 14.8. The van der Waals surface area contributed by atoms with Gasteiger partial charge in [-0.25, -0.2) is 14.2 Å². The van der Waals surface area contributed by atoms with E-state index in [4.69, 9.17) is 0 Å². The second-order valence-electron chi connectivity index (χ2n) is 11.1. The summed E-state index contributed by atoms with van der Waals surface area (Å²) in [6, 6.07) is 14.7. The molecule has 1 aliphatic heterocycles. The molecule has 2 fully saturated rings. The van der Waals surface area contributed by atoms with Crippen LogP contribution in [-0.4, -0.2) is 65.5 Å². The van der Waals surface area contributed by atoms with Gasteiger partial charge in [0.15, 0.2) is 5.13 Å². The molecule has 2 aliphatic rings. The Morgan fingerprint density at radius 2 is 1.92 bits per heavy atom. The Morgan fingerprint density at radius 3 is 2.69 bits per heavy atom. The molecule has 9 heteroatoms. The van der Waals surface area contributed by atoms with Crippen LogP contribution >= 0.6 is 11.3 Å². The fourth-order valence-corrected chi connectivity index (χ4v) is 7.10. The van der Waals surface area contributed by atoms with Crippen LogP contribution in [0.4, 0.5) is 14.3 Å². The highest BCUT2D eigenvalue weighted by Crippen LogP contribution is 2.31. The summed E-state index contributed by atoms with van der Waals surface area (Å²) in [4.78, 5) is 34.1. The van der Waals surface area contributed by atoms with Gasteiger partial charge in [-0.3, -0.25) is 10.1 Å². The summed E-state index contributed by atoms with van der Waals surface area (Å²) >= 11 is 1.47. The molecular weight excluding hydrogens is 513 g/mol. The van der Waals surface area contributed by atoms with Crippen LogP contribution in [0.2, 0.25) is 0 Å². The Hall–Kier alpha value is -3.04. The van der Waals surface area contributed by atoms with Crippen molar-refractivity contribution < 1.29 is 14.0 Å². The number of hydrogen-bond acceptors (Lipinski definition) is 5. The lowest BCUT2D eigenvalue weighted by atomic mass is 9.80. The number of thiazole rings is 1. The Bertz CT molecular complexity index is 1250. The molecule has 1 aromatic heterocycles. The number of carbonyl (C=O) groups is 2. The third kappa shape index (κ3) is 7.13. The van der Waals surface area contributed by atoms with Gasteiger partial charge in [0.05, 0.1) is 10.2 Å². The van der Waals surface area contributed by atoms with Crippen LogP contribution in [0.3, 0.4) is 0 Å². The summed E-state index contributed by atoms with van der Waals surface area (Å²) in [6.07, 6.45) is 5.80. The number of nitrogens with one attached hydrogen (secondary N) is 2. The molecule has 3 aromatic rings. The van der Waals surface area contributed by atoms with Gasteiger partial charge in [0.1, 0.15) is 5.82 Å².